The van der Waals surface area contributed by atoms with Crippen molar-refractivity contribution in [3.8, 4) is 11.3 Å². The zero-order valence-electron chi connectivity index (χ0n) is 14.0. The second-order valence-electron chi connectivity index (χ2n) is 5.69. The predicted molar refractivity (Wildman–Crippen MR) is 104 cm³/mol. The molecule has 27 heavy (non-hydrogen) atoms. The summed E-state index contributed by atoms with van der Waals surface area (Å²) in [5.74, 6) is -0.526. The third-order valence-electron chi connectivity index (χ3n) is 3.79. The number of aromatic nitrogens is 2. The minimum atomic E-state index is -4.55. The molecule has 0 atom stereocenters. The summed E-state index contributed by atoms with van der Waals surface area (Å²) < 4.78 is 39.1. The average molecular weight is 483 g/mol. The Balaban J connectivity index is 1.87. The second kappa shape index (κ2) is 7.63. The molecule has 0 bridgehead atoms. The lowest BCUT2D eigenvalue weighted by Gasteiger charge is -2.12. The number of alkyl halides is 3. The molecule has 2 aromatic heterocycles. The van der Waals surface area contributed by atoms with Crippen LogP contribution in [0.4, 0.5) is 18.9 Å². The Kier molecular flexibility index (Phi) is 5.45. The smallest absolute Gasteiger partial charge is 0.322 e. The van der Waals surface area contributed by atoms with Gasteiger partial charge in [0.25, 0.3) is 5.91 Å². The Morgan fingerprint density at radius 2 is 1.89 bits per heavy atom. The highest BCUT2D eigenvalue weighted by molar-refractivity contribution is 14.1. The van der Waals surface area contributed by atoms with Crippen molar-refractivity contribution in [1.82, 2.24) is 9.97 Å². The molecule has 1 amide bonds. The van der Waals surface area contributed by atoms with Crippen molar-refractivity contribution < 1.29 is 18.0 Å². The molecule has 0 aliphatic carbocycles. The van der Waals surface area contributed by atoms with Gasteiger partial charge in [0.2, 0.25) is 0 Å². The standard InChI is InChI=1S/C19H13F3IN3O/c1-11-13(6-8-17(25-11)19(20,21)22)18(27)26-12-5-7-15(23)14(10-12)16-4-2-3-9-24-16/h2-10H,1H3,(H,26,27). The number of pyridine rings is 2. The van der Waals surface area contributed by atoms with Crippen LogP contribution in [0.5, 0.6) is 0 Å². The monoisotopic (exact) mass is 483 g/mol. The van der Waals surface area contributed by atoms with E-state index in [2.05, 4.69) is 37.9 Å². The number of nitrogens with zero attached hydrogens (tertiary/aromatic N) is 2. The summed E-state index contributed by atoms with van der Waals surface area (Å²) in [4.78, 5) is 20.3. The summed E-state index contributed by atoms with van der Waals surface area (Å²) in [5.41, 5.74) is 1.18. The molecule has 8 heteroatoms. The van der Waals surface area contributed by atoms with E-state index in [-0.39, 0.29) is 11.3 Å². The molecule has 0 spiro atoms. The number of anilines is 1. The largest absolute Gasteiger partial charge is 0.433 e. The summed E-state index contributed by atoms with van der Waals surface area (Å²) in [5, 5.41) is 2.70. The van der Waals surface area contributed by atoms with Crippen LogP contribution in [0, 0.1) is 10.5 Å². The maximum absolute atomic E-state index is 12.7. The number of carbonyl (C=O) groups is 1. The maximum Gasteiger partial charge on any atom is 0.433 e. The van der Waals surface area contributed by atoms with Crippen LogP contribution < -0.4 is 5.32 Å². The van der Waals surface area contributed by atoms with Crippen molar-refractivity contribution in [2.75, 3.05) is 5.32 Å². The van der Waals surface area contributed by atoms with E-state index in [1.807, 2.05) is 24.3 Å². The predicted octanol–water partition coefficient (Wildman–Crippen LogP) is 5.33. The Morgan fingerprint density at radius 3 is 2.52 bits per heavy atom. The van der Waals surface area contributed by atoms with Crippen molar-refractivity contribution in [1.29, 1.82) is 0 Å². The van der Waals surface area contributed by atoms with Crippen LogP contribution in [-0.2, 0) is 6.18 Å². The first-order valence-corrected chi connectivity index (χ1v) is 8.91. The number of nitrogens with one attached hydrogen (secondary N) is 1. The van der Waals surface area contributed by atoms with E-state index >= 15 is 0 Å². The molecule has 138 valence electrons. The van der Waals surface area contributed by atoms with Crippen LogP contribution in [0.1, 0.15) is 21.7 Å². The molecule has 0 aliphatic heterocycles. The lowest BCUT2D eigenvalue weighted by molar-refractivity contribution is -0.141. The summed E-state index contributed by atoms with van der Waals surface area (Å²) in [6, 6.07) is 12.8. The van der Waals surface area contributed by atoms with E-state index in [1.165, 1.54) is 6.92 Å². The zero-order chi connectivity index (χ0) is 19.6. The van der Waals surface area contributed by atoms with Gasteiger partial charge in [0.1, 0.15) is 5.69 Å². The number of hydrogen-bond acceptors (Lipinski definition) is 3. The molecular weight excluding hydrogens is 470 g/mol. The third-order valence-corrected chi connectivity index (χ3v) is 4.73. The number of aryl methyl sites for hydroxylation is 1. The van der Waals surface area contributed by atoms with E-state index in [0.29, 0.717) is 5.69 Å². The van der Waals surface area contributed by atoms with Crippen LogP contribution in [0.15, 0.2) is 54.7 Å². The number of halogens is 4. The van der Waals surface area contributed by atoms with Gasteiger partial charge in [-0.15, -0.1) is 0 Å². The number of benzene rings is 1. The zero-order valence-corrected chi connectivity index (χ0v) is 16.2. The van der Waals surface area contributed by atoms with Crippen molar-refractivity contribution in [2.24, 2.45) is 0 Å². The van der Waals surface area contributed by atoms with Crippen molar-refractivity contribution >= 4 is 34.2 Å². The summed E-state index contributed by atoms with van der Waals surface area (Å²) >= 11 is 2.17. The molecule has 3 rings (SSSR count). The SMILES string of the molecule is Cc1nc(C(F)(F)F)ccc1C(=O)Nc1ccc(I)c(-c2ccccn2)c1. The molecular formula is C19H13F3IN3O. The Hall–Kier alpha value is -2.49. The van der Waals surface area contributed by atoms with Gasteiger partial charge in [-0.25, -0.2) is 4.98 Å². The van der Waals surface area contributed by atoms with Gasteiger partial charge in [-0.1, -0.05) is 6.07 Å². The molecule has 0 radical (unpaired) electrons. The number of carbonyl (C=O) groups excluding carboxylic acids is 1. The maximum atomic E-state index is 12.7. The molecule has 1 aromatic carbocycles. The number of hydrogen-bond donors (Lipinski definition) is 1. The first-order chi connectivity index (χ1) is 12.8. The molecule has 0 unspecified atom stereocenters. The molecule has 4 nitrogen and oxygen atoms in total. The summed E-state index contributed by atoms with van der Waals surface area (Å²) in [7, 11) is 0. The number of rotatable bonds is 3. The molecule has 0 fully saturated rings. The molecule has 0 aliphatic rings. The highest BCUT2D eigenvalue weighted by atomic mass is 127. The van der Waals surface area contributed by atoms with Gasteiger partial charge in [-0.2, -0.15) is 13.2 Å². The van der Waals surface area contributed by atoms with Gasteiger partial charge >= 0.3 is 6.18 Å². The van der Waals surface area contributed by atoms with Gasteiger partial charge < -0.3 is 5.32 Å². The topological polar surface area (TPSA) is 54.9 Å². The fourth-order valence-corrected chi connectivity index (χ4v) is 3.09. The van der Waals surface area contributed by atoms with E-state index < -0.39 is 17.8 Å². The first kappa shape index (κ1) is 19.3. The number of amides is 1. The van der Waals surface area contributed by atoms with Crippen LogP contribution in [0.25, 0.3) is 11.3 Å². The lowest BCUT2D eigenvalue weighted by Crippen LogP contribution is -2.16. The fourth-order valence-electron chi connectivity index (χ4n) is 2.48. The van der Waals surface area contributed by atoms with Crippen LogP contribution in [0.3, 0.4) is 0 Å². The van der Waals surface area contributed by atoms with Crippen LogP contribution >= 0.6 is 22.6 Å². The molecule has 0 saturated carbocycles. The highest BCUT2D eigenvalue weighted by Crippen LogP contribution is 2.29. The van der Waals surface area contributed by atoms with Crippen LogP contribution in [-0.4, -0.2) is 15.9 Å². The quantitative estimate of drug-likeness (QED) is 0.513. The Labute approximate surface area is 167 Å². The van der Waals surface area contributed by atoms with Gasteiger partial charge in [-0.3, -0.25) is 9.78 Å². The third kappa shape index (κ3) is 4.44. The van der Waals surface area contributed by atoms with E-state index in [4.69, 9.17) is 0 Å². The summed E-state index contributed by atoms with van der Waals surface area (Å²) in [6.45, 7) is 1.37. The second-order valence-corrected chi connectivity index (χ2v) is 6.85. The minimum Gasteiger partial charge on any atom is -0.322 e. The van der Waals surface area contributed by atoms with Crippen molar-refractivity contribution in [3.05, 3.63) is 75.2 Å². The average Bonchev–Trinajstić information content (AvgIpc) is 2.63. The fraction of sp³-hybridized carbons (Fsp3) is 0.105. The minimum absolute atomic E-state index is 0.0118. The molecule has 2 heterocycles. The van der Waals surface area contributed by atoms with Gasteiger partial charge in [0.05, 0.1) is 17.0 Å². The highest BCUT2D eigenvalue weighted by Gasteiger charge is 2.33. The van der Waals surface area contributed by atoms with Crippen molar-refractivity contribution in [2.45, 2.75) is 13.1 Å². The molecule has 0 saturated heterocycles. The van der Waals surface area contributed by atoms with E-state index in [1.54, 1.807) is 18.3 Å². The van der Waals surface area contributed by atoms with Gasteiger partial charge in [0.15, 0.2) is 0 Å². The molecule has 3 aromatic rings. The van der Waals surface area contributed by atoms with Gasteiger partial charge in [0, 0.05) is 21.0 Å². The van der Waals surface area contributed by atoms with Gasteiger partial charge in [-0.05, 0) is 72.0 Å². The van der Waals surface area contributed by atoms with E-state index in [9.17, 15) is 18.0 Å². The van der Waals surface area contributed by atoms with E-state index in [0.717, 1.165) is 27.0 Å². The summed E-state index contributed by atoms with van der Waals surface area (Å²) in [6.07, 6.45) is -2.87. The lowest BCUT2D eigenvalue weighted by atomic mass is 10.1. The van der Waals surface area contributed by atoms with Crippen LogP contribution in [0.2, 0.25) is 0 Å². The van der Waals surface area contributed by atoms with Crippen molar-refractivity contribution in [3.63, 3.8) is 0 Å². The first-order valence-electron chi connectivity index (χ1n) is 7.83. The molecule has 1 N–H and O–H groups in total. The Morgan fingerprint density at radius 1 is 1.11 bits per heavy atom. The Bertz CT molecular complexity index is 991. The normalized spacial score (nSPS) is 11.3.